The highest BCUT2D eigenvalue weighted by atomic mass is 16.2. The van der Waals surface area contributed by atoms with Gasteiger partial charge in [-0.3, -0.25) is 0 Å². The SMILES string of the molecule is Cc1cccc(N2CCN(C(=O)N[C@@H](C)c3nncn3C)CC2)c1C. The van der Waals surface area contributed by atoms with Gasteiger partial charge in [0.05, 0.1) is 6.04 Å². The second-order valence-electron chi connectivity index (χ2n) is 6.66. The average Bonchev–Trinajstić information content (AvgIpc) is 3.03. The third-order valence-electron chi connectivity index (χ3n) is 4.96. The third kappa shape index (κ3) is 3.60. The fourth-order valence-corrected chi connectivity index (χ4v) is 3.25. The van der Waals surface area contributed by atoms with Crippen molar-refractivity contribution in [1.82, 2.24) is 25.0 Å². The van der Waals surface area contributed by atoms with Crippen LogP contribution in [0.3, 0.4) is 0 Å². The molecule has 1 aliphatic heterocycles. The largest absolute Gasteiger partial charge is 0.368 e. The number of urea groups is 1. The van der Waals surface area contributed by atoms with Crippen LogP contribution in [0.1, 0.15) is 29.9 Å². The third-order valence-corrected chi connectivity index (χ3v) is 4.96. The van der Waals surface area contributed by atoms with E-state index in [1.807, 2.05) is 23.4 Å². The van der Waals surface area contributed by atoms with Gasteiger partial charge in [0, 0.05) is 38.9 Å². The van der Waals surface area contributed by atoms with Crippen LogP contribution in [0, 0.1) is 13.8 Å². The molecule has 25 heavy (non-hydrogen) atoms. The molecule has 0 aliphatic carbocycles. The van der Waals surface area contributed by atoms with Gasteiger partial charge in [0.25, 0.3) is 0 Å². The van der Waals surface area contributed by atoms with Crippen LogP contribution in [0.2, 0.25) is 0 Å². The lowest BCUT2D eigenvalue weighted by Crippen LogP contribution is -2.52. The van der Waals surface area contributed by atoms with Gasteiger partial charge < -0.3 is 19.7 Å². The van der Waals surface area contributed by atoms with Crippen LogP contribution in [0.5, 0.6) is 0 Å². The number of piperazine rings is 1. The summed E-state index contributed by atoms with van der Waals surface area (Å²) >= 11 is 0. The molecule has 7 nitrogen and oxygen atoms in total. The van der Waals surface area contributed by atoms with Gasteiger partial charge in [-0.25, -0.2) is 4.79 Å². The Bertz CT molecular complexity index is 748. The zero-order valence-corrected chi connectivity index (χ0v) is 15.4. The Morgan fingerprint density at radius 3 is 2.56 bits per heavy atom. The summed E-state index contributed by atoms with van der Waals surface area (Å²) < 4.78 is 1.82. The molecule has 134 valence electrons. The fraction of sp³-hybridized carbons (Fsp3) is 0.500. The number of rotatable bonds is 3. The number of carbonyl (C=O) groups is 1. The summed E-state index contributed by atoms with van der Waals surface area (Å²) in [7, 11) is 1.88. The molecule has 1 saturated heterocycles. The Hall–Kier alpha value is -2.57. The van der Waals surface area contributed by atoms with Crippen molar-refractivity contribution >= 4 is 11.7 Å². The molecule has 1 aromatic heterocycles. The van der Waals surface area contributed by atoms with Crippen LogP contribution in [0.25, 0.3) is 0 Å². The van der Waals surface area contributed by atoms with Gasteiger partial charge in [0.1, 0.15) is 6.33 Å². The first-order valence-corrected chi connectivity index (χ1v) is 8.68. The Morgan fingerprint density at radius 2 is 1.92 bits per heavy atom. The highest BCUT2D eigenvalue weighted by molar-refractivity contribution is 5.75. The van der Waals surface area contributed by atoms with Crippen LogP contribution in [0.15, 0.2) is 24.5 Å². The molecule has 2 heterocycles. The molecule has 1 aromatic carbocycles. The second kappa shape index (κ2) is 7.13. The number of anilines is 1. The number of aryl methyl sites for hydroxylation is 2. The number of carbonyl (C=O) groups excluding carboxylic acids is 1. The monoisotopic (exact) mass is 342 g/mol. The lowest BCUT2D eigenvalue weighted by Gasteiger charge is -2.37. The number of hydrogen-bond donors (Lipinski definition) is 1. The van der Waals surface area contributed by atoms with Crippen molar-refractivity contribution in [1.29, 1.82) is 0 Å². The van der Waals surface area contributed by atoms with Crippen molar-refractivity contribution in [2.75, 3.05) is 31.1 Å². The summed E-state index contributed by atoms with van der Waals surface area (Å²) in [5.41, 5.74) is 3.89. The minimum atomic E-state index is -0.169. The standard InChI is InChI=1S/C18H26N6O/c1-13-6-5-7-16(14(13)2)23-8-10-24(11-9-23)18(25)20-15(3)17-21-19-12-22(17)4/h5-7,12,15H,8-11H2,1-4H3,(H,20,25)/t15-/m0/s1. The highest BCUT2D eigenvalue weighted by Gasteiger charge is 2.24. The van der Waals surface area contributed by atoms with E-state index in [9.17, 15) is 4.79 Å². The van der Waals surface area contributed by atoms with E-state index in [4.69, 9.17) is 0 Å². The molecule has 2 aromatic rings. The first kappa shape index (κ1) is 17.3. The summed E-state index contributed by atoms with van der Waals surface area (Å²) in [6.45, 7) is 9.33. The number of amides is 2. The lowest BCUT2D eigenvalue weighted by molar-refractivity contribution is 0.190. The maximum Gasteiger partial charge on any atom is 0.318 e. The predicted molar refractivity (Wildman–Crippen MR) is 97.7 cm³/mol. The zero-order chi connectivity index (χ0) is 18.0. The Kier molecular flexibility index (Phi) is 4.92. The molecule has 0 unspecified atom stereocenters. The molecular formula is C18H26N6O. The average molecular weight is 342 g/mol. The predicted octanol–water partition coefficient (Wildman–Crippen LogP) is 2.02. The Balaban J connectivity index is 1.57. The van der Waals surface area contributed by atoms with E-state index in [1.165, 1.54) is 16.8 Å². The number of aromatic nitrogens is 3. The van der Waals surface area contributed by atoms with Gasteiger partial charge in [0.15, 0.2) is 5.82 Å². The van der Waals surface area contributed by atoms with Gasteiger partial charge >= 0.3 is 6.03 Å². The number of nitrogens with zero attached hydrogens (tertiary/aromatic N) is 5. The van der Waals surface area contributed by atoms with E-state index in [2.05, 4.69) is 52.5 Å². The van der Waals surface area contributed by atoms with Crippen LogP contribution >= 0.6 is 0 Å². The van der Waals surface area contributed by atoms with E-state index in [1.54, 1.807) is 6.33 Å². The lowest BCUT2D eigenvalue weighted by atomic mass is 10.1. The van der Waals surface area contributed by atoms with E-state index >= 15 is 0 Å². The van der Waals surface area contributed by atoms with Gasteiger partial charge in [-0.1, -0.05) is 12.1 Å². The molecule has 1 fully saturated rings. The van der Waals surface area contributed by atoms with Crippen molar-refractivity contribution in [2.45, 2.75) is 26.8 Å². The molecule has 0 bridgehead atoms. The molecule has 3 rings (SSSR count). The minimum Gasteiger partial charge on any atom is -0.368 e. The molecule has 2 amide bonds. The number of benzene rings is 1. The van der Waals surface area contributed by atoms with E-state index in [0.717, 1.165) is 18.9 Å². The molecule has 0 radical (unpaired) electrons. The van der Waals surface area contributed by atoms with Crippen LogP contribution in [0.4, 0.5) is 10.5 Å². The molecule has 0 spiro atoms. The van der Waals surface area contributed by atoms with Crippen molar-refractivity contribution in [3.05, 3.63) is 41.5 Å². The summed E-state index contributed by atoms with van der Waals surface area (Å²) in [5.74, 6) is 0.752. The maximum absolute atomic E-state index is 12.5. The Morgan fingerprint density at radius 1 is 1.20 bits per heavy atom. The highest BCUT2D eigenvalue weighted by Crippen LogP contribution is 2.24. The first-order chi connectivity index (χ1) is 12.0. The van der Waals surface area contributed by atoms with Gasteiger partial charge in [0.2, 0.25) is 0 Å². The topological polar surface area (TPSA) is 66.3 Å². The smallest absolute Gasteiger partial charge is 0.318 e. The minimum absolute atomic E-state index is 0.0453. The van der Waals surface area contributed by atoms with Gasteiger partial charge in [-0.2, -0.15) is 0 Å². The molecule has 7 heteroatoms. The van der Waals surface area contributed by atoms with Crippen molar-refractivity contribution in [2.24, 2.45) is 7.05 Å². The summed E-state index contributed by atoms with van der Waals surface area (Å²) in [6, 6.07) is 6.18. The van der Waals surface area contributed by atoms with Crippen molar-refractivity contribution in [3.8, 4) is 0 Å². The van der Waals surface area contributed by atoms with Crippen molar-refractivity contribution in [3.63, 3.8) is 0 Å². The Labute approximate surface area is 148 Å². The fourth-order valence-electron chi connectivity index (χ4n) is 3.25. The van der Waals surface area contributed by atoms with Crippen LogP contribution in [-0.2, 0) is 7.05 Å². The number of hydrogen-bond acceptors (Lipinski definition) is 4. The summed E-state index contributed by atoms with van der Waals surface area (Å²) in [4.78, 5) is 16.7. The maximum atomic E-state index is 12.5. The molecule has 1 atom stereocenters. The first-order valence-electron chi connectivity index (χ1n) is 8.68. The van der Waals surface area contributed by atoms with Gasteiger partial charge in [-0.05, 0) is 38.0 Å². The second-order valence-corrected chi connectivity index (χ2v) is 6.66. The molecular weight excluding hydrogens is 316 g/mol. The van der Waals surface area contributed by atoms with E-state index < -0.39 is 0 Å². The van der Waals surface area contributed by atoms with Crippen LogP contribution < -0.4 is 10.2 Å². The van der Waals surface area contributed by atoms with Crippen LogP contribution in [-0.4, -0.2) is 51.9 Å². The zero-order valence-electron chi connectivity index (χ0n) is 15.4. The van der Waals surface area contributed by atoms with E-state index in [-0.39, 0.29) is 12.1 Å². The van der Waals surface area contributed by atoms with E-state index in [0.29, 0.717) is 13.1 Å². The summed E-state index contributed by atoms with van der Waals surface area (Å²) in [5, 5.41) is 10.9. The summed E-state index contributed by atoms with van der Waals surface area (Å²) in [6.07, 6.45) is 1.64. The molecule has 1 N–H and O–H groups in total. The normalized spacial score (nSPS) is 16.0. The van der Waals surface area contributed by atoms with Crippen molar-refractivity contribution < 1.29 is 4.79 Å². The molecule has 0 saturated carbocycles. The number of nitrogens with one attached hydrogen (secondary N) is 1. The van der Waals surface area contributed by atoms with Gasteiger partial charge in [-0.15, -0.1) is 10.2 Å². The quantitative estimate of drug-likeness (QED) is 0.927. The molecule has 1 aliphatic rings.